The molecule has 1 N–H and O–H groups in total. The van der Waals surface area contributed by atoms with Crippen LogP contribution in [0.3, 0.4) is 0 Å². The second-order valence-electron chi connectivity index (χ2n) is 10.3. The number of hydrogen-bond acceptors (Lipinski definition) is 6. The Morgan fingerprint density at radius 1 is 1.10 bits per heavy atom. The van der Waals surface area contributed by atoms with E-state index in [0.29, 0.717) is 34.1 Å². The van der Waals surface area contributed by atoms with Crippen molar-refractivity contribution in [3.05, 3.63) is 93.2 Å². The second kappa shape index (κ2) is 10.4. The number of carbonyl (C=O) groups excluding carboxylic acids is 3. The van der Waals surface area contributed by atoms with Crippen molar-refractivity contribution in [3.63, 3.8) is 0 Å². The molecular formula is C30H26Cl2FN3O5. The van der Waals surface area contributed by atoms with E-state index < -0.39 is 35.2 Å². The van der Waals surface area contributed by atoms with Crippen LogP contribution in [0.5, 0.6) is 0 Å². The molecule has 3 aromatic carbocycles. The van der Waals surface area contributed by atoms with E-state index in [4.69, 9.17) is 32.7 Å². The molecule has 0 radical (unpaired) electrons. The van der Waals surface area contributed by atoms with Gasteiger partial charge in [0.25, 0.3) is 0 Å². The van der Waals surface area contributed by atoms with Crippen molar-refractivity contribution in [1.29, 1.82) is 0 Å². The molecule has 3 aromatic rings. The highest BCUT2D eigenvalue weighted by Crippen LogP contribution is 2.61. The maximum Gasteiger partial charge on any atom is 0.337 e. The summed E-state index contributed by atoms with van der Waals surface area (Å²) in [5.74, 6) is -3.51. The van der Waals surface area contributed by atoms with Gasteiger partial charge in [0, 0.05) is 54.1 Å². The molecule has 41 heavy (non-hydrogen) atoms. The van der Waals surface area contributed by atoms with Gasteiger partial charge in [0.1, 0.15) is 11.4 Å². The van der Waals surface area contributed by atoms with Crippen molar-refractivity contribution < 1.29 is 28.2 Å². The van der Waals surface area contributed by atoms with Gasteiger partial charge in [0.15, 0.2) is 0 Å². The largest absolute Gasteiger partial charge is 0.465 e. The van der Waals surface area contributed by atoms with Crippen molar-refractivity contribution >= 4 is 52.4 Å². The molecule has 0 unspecified atom stereocenters. The maximum absolute atomic E-state index is 15.9. The van der Waals surface area contributed by atoms with Crippen LogP contribution in [0.2, 0.25) is 10.0 Å². The molecule has 11 heteroatoms. The number of methoxy groups -OCH3 is 2. The van der Waals surface area contributed by atoms with Crippen LogP contribution in [0, 0.1) is 11.7 Å². The zero-order valence-electron chi connectivity index (χ0n) is 22.2. The number of nitrogens with one attached hydrogen (secondary N) is 1. The highest BCUT2D eigenvalue weighted by atomic mass is 35.5. The molecule has 2 fully saturated rings. The first-order valence-corrected chi connectivity index (χ1v) is 13.8. The number of amides is 2. The lowest BCUT2D eigenvalue weighted by Gasteiger charge is -2.40. The third kappa shape index (κ3) is 4.06. The van der Waals surface area contributed by atoms with Crippen LogP contribution < -0.4 is 10.2 Å². The standard InChI is InChI=1S/C30H26Cl2FN3O5/c1-40-13-12-36-23-15-35(18-9-6-16(7-10-18)28(38)41-2)27(37)24(23)25(19-4-3-5-21(32)26(19)33)30(36)20-11-8-17(31)14-22(20)34-29(30)39/h3-11,14,23-25H,12-13,15H2,1-2H3,(H,34,39)/t23-,24+,25-,30+/m0/s1. The van der Waals surface area contributed by atoms with Crippen molar-refractivity contribution in [2.24, 2.45) is 5.92 Å². The smallest absolute Gasteiger partial charge is 0.337 e. The van der Waals surface area contributed by atoms with Crippen LogP contribution in [-0.2, 0) is 24.6 Å². The number of rotatable bonds is 6. The topological polar surface area (TPSA) is 88.2 Å². The molecule has 2 amide bonds. The normalized spacial score (nSPS) is 25.0. The molecule has 3 aliphatic rings. The summed E-state index contributed by atoms with van der Waals surface area (Å²) in [7, 11) is 2.86. The van der Waals surface area contributed by atoms with Crippen LogP contribution in [-0.4, -0.2) is 62.6 Å². The zero-order valence-corrected chi connectivity index (χ0v) is 23.7. The maximum atomic E-state index is 15.9. The van der Waals surface area contributed by atoms with E-state index in [1.165, 1.54) is 13.2 Å². The van der Waals surface area contributed by atoms with Gasteiger partial charge >= 0.3 is 5.97 Å². The van der Waals surface area contributed by atoms with Crippen LogP contribution >= 0.6 is 23.2 Å². The van der Waals surface area contributed by atoms with Crippen molar-refractivity contribution in [3.8, 4) is 0 Å². The lowest BCUT2D eigenvalue weighted by Crippen LogP contribution is -2.54. The number of anilines is 2. The minimum atomic E-state index is -1.42. The predicted molar refractivity (Wildman–Crippen MR) is 152 cm³/mol. The molecule has 0 saturated carbocycles. The van der Waals surface area contributed by atoms with Crippen LogP contribution in [0.1, 0.15) is 27.4 Å². The molecule has 4 atom stereocenters. The number of hydrogen-bond donors (Lipinski definition) is 1. The van der Waals surface area contributed by atoms with Gasteiger partial charge in [0.05, 0.1) is 30.2 Å². The Labute approximate surface area is 245 Å². The van der Waals surface area contributed by atoms with E-state index in [1.807, 2.05) is 4.90 Å². The summed E-state index contributed by atoms with van der Waals surface area (Å²) < 4.78 is 26.1. The average molecular weight is 598 g/mol. The van der Waals surface area contributed by atoms with E-state index in [2.05, 4.69) is 5.32 Å². The SMILES string of the molecule is COCCN1[C@H]2CN(c3ccc(C(=O)OC)cc3)C(=O)[C@H]2[C@H](c2cccc(Cl)c2F)[C@]12C(=O)Nc1cc(Cl)ccc12. The van der Waals surface area contributed by atoms with E-state index in [1.54, 1.807) is 66.6 Å². The first kappa shape index (κ1) is 27.7. The number of carbonyl (C=O) groups is 3. The number of halogens is 3. The molecule has 6 rings (SSSR count). The van der Waals surface area contributed by atoms with Gasteiger partial charge in [0.2, 0.25) is 11.8 Å². The second-order valence-corrected chi connectivity index (χ2v) is 11.1. The summed E-state index contributed by atoms with van der Waals surface area (Å²) >= 11 is 12.5. The Balaban J connectivity index is 1.54. The quantitative estimate of drug-likeness (QED) is 0.409. The zero-order chi connectivity index (χ0) is 29.1. The van der Waals surface area contributed by atoms with E-state index in [0.717, 1.165) is 0 Å². The lowest BCUT2D eigenvalue weighted by molar-refractivity contribution is -0.128. The summed E-state index contributed by atoms with van der Waals surface area (Å²) in [6.07, 6.45) is 0. The van der Waals surface area contributed by atoms with E-state index >= 15 is 4.39 Å². The van der Waals surface area contributed by atoms with Crippen LogP contribution in [0.25, 0.3) is 0 Å². The summed E-state index contributed by atoms with van der Waals surface area (Å²) in [6.45, 7) is 0.809. The van der Waals surface area contributed by atoms with Gasteiger partial charge in [-0.05, 0) is 48.0 Å². The predicted octanol–water partition coefficient (Wildman–Crippen LogP) is 4.84. The average Bonchev–Trinajstić information content (AvgIpc) is 3.55. The number of ether oxygens (including phenoxy) is 2. The number of esters is 1. The molecule has 3 heterocycles. The Morgan fingerprint density at radius 3 is 2.56 bits per heavy atom. The van der Waals surface area contributed by atoms with Gasteiger partial charge in [-0.3, -0.25) is 14.5 Å². The molecule has 212 valence electrons. The minimum absolute atomic E-state index is 0.0972. The molecule has 0 aliphatic carbocycles. The number of benzene rings is 3. The monoisotopic (exact) mass is 597 g/mol. The van der Waals surface area contributed by atoms with Gasteiger partial charge in [-0.25, -0.2) is 9.18 Å². The van der Waals surface area contributed by atoms with Gasteiger partial charge < -0.3 is 19.7 Å². The molecule has 2 saturated heterocycles. The fourth-order valence-corrected chi connectivity index (χ4v) is 7.17. The summed E-state index contributed by atoms with van der Waals surface area (Å²) in [4.78, 5) is 44.1. The summed E-state index contributed by atoms with van der Waals surface area (Å²) in [6, 6.07) is 15.8. The number of fused-ring (bicyclic) bond motifs is 3. The Bertz CT molecular complexity index is 1570. The minimum Gasteiger partial charge on any atom is -0.465 e. The van der Waals surface area contributed by atoms with Crippen molar-refractivity contribution in [1.82, 2.24) is 4.90 Å². The highest BCUT2D eigenvalue weighted by Gasteiger charge is 2.71. The molecule has 0 bridgehead atoms. The summed E-state index contributed by atoms with van der Waals surface area (Å²) in [5.41, 5.74) is 0.812. The first-order chi connectivity index (χ1) is 19.7. The van der Waals surface area contributed by atoms with E-state index in [9.17, 15) is 14.4 Å². The lowest BCUT2D eigenvalue weighted by atomic mass is 9.71. The highest BCUT2D eigenvalue weighted by molar-refractivity contribution is 6.31. The Kier molecular flexibility index (Phi) is 7.02. The molecular weight excluding hydrogens is 572 g/mol. The fourth-order valence-electron chi connectivity index (χ4n) is 6.82. The van der Waals surface area contributed by atoms with E-state index in [-0.39, 0.29) is 35.6 Å². The number of nitrogens with zero attached hydrogens (tertiary/aromatic N) is 2. The molecule has 0 aromatic heterocycles. The Hall–Kier alpha value is -3.50. The first-order valence-electron chi connectivity index (χ1n) is 13.0. The molecule has 3 aliphatic heterocycles. The summed E-state index contributed by atoms with van der Waals surface area (Å²) in [5, 5.41) is 3.29. The fraction of sp³-hybridized carbons (Fsp3) is 0.300. The van der Waals surface area contributed by atoms with Crippen LogP contribution in [0.4, 0.5) is 15.8 Å². The van der Waals surface area contributed by atoms with Crippen molar-refractivity contribution in [2.45, 2.75) is 17.5 Å². The van der Waals surface area contributed by atoms with Gasteiger partial charge in [-0.2, -0.15) is 0 Å². The Morgan fingerprint density at radius 2 is 1.85 bits per heavy atom. The van der Waals surface area contributed by atoms with Crippen molar-refractivity contribution in [2.75, 3.05) is 44.1 Å². The van der Waals surface area contributed by atoms with Gasteiger partial charge in [-0.1, -0.05) is 41.4 Å². The molecule has 1 spiro atoms. The van der Waals surface area contributed by atoms with Crippen LogP contribution in [0.15, 0.2) is 60.7 Å². The third-order valence-corrected chi connectivity index (χ3v) is 8.96. The third-order valence-electron chi connectivity index (χ3n) is 8.44. The van der Waals surface area contributed by atoms with Gasteiger partial charge in [-0.15, -0.1) is 0 Å². The molecule has 8 nitrogen and oxygen atoms in total. The number of likely N-dealkylation sites (tertiary alicyclic amines) is 1.